The summed E-state index contributed by atoms with van der Waals surface area (Å²) in [6, 6.07) is 10.2. The van der Waals surface area contributed by atoms with Crippen molar-refractivity contribution in [2.45, 2.75) is 13.8 Å². The molecule has 26 heavy (non-hydrogen) atoms. The number of benzene rings is 2. The first-order valence-corrected chi connectivity index (χ1v) is 8.01. The van der Waals surface area contributed by atoms with Crippen LogP contribution in [0.1, 0.15) is 33.4 Å². The molecule has 3 rings (SSSR count). The zero-order valence-electron chi connectivity index (χ0n) is 14.3. The van der Waals surface area contributed by atoms with E-state index < -0.39 is 17.6 Å². The molecule has 3 aromatic rings. The Kier molecular flexibility index (Phi) is 4.88. The van der Waals surface area contributed by atoms with E-state index in [1.54, 1.807) is 25.1 Å². The summed E-state index contributed by atoms with van der Waals surface area (Å²) in [4.78, 5) is 24.3. The normalized spacial score (nSPS) is 10.6. The van der Waals surface area contributed by atoms with Gasteiger partial charge in [0.15, 0.2) is 5.76 Å². The Morgan fingerprint density at radius 1 is 1.08 bits per heavy atom. The van der Waals surface area contributed by atoms with Crippen LogP contribution >= 0.6 is 0 Å². The standard InChI is InChI=1S/C19H17FN2O4/c1-3-25-14-8-9-16-15(10-14)11(2)17(26-16)19(24)22-21-18(23)12-4-6-13(20)7-5-12/h4-10H,3H2,1-2H3,(H,21,23)(H,22,24). The SMILES string of the molecule is CCOc1ccc2oc(C(=O)NNC(=O)c3ccc(F)cc3)c(C)c2c1. The van der Waals surface area contributed by atoms with E-state index in [2.05, 4.69) is 10.9 Å². The molecule has 0 aliphatic carbocycles. The van der Waals surface area contributed by atoms with Gasteiger partial charge in [0.05, 0.1) is 6.61 Å². The number of amides is 2. The van der Waals surface area contributed by atoms with E-state index in [1.807, 2.05) is 6.92 Å². The maximum atomic E-state index is 12.9. The molecule has 1 heterocycles. The van der Waals surface area contributed by atoms with Crippen molar-refractivity contribution in [2.24, 2.45) is 0 Å². The molecule has 0 bridgehead atoms. The molecule has 0 saturated carbocycles. The largest absolute Gasteiger partial charge is 0.494 e. The molecule has 0 radical (unpaired) electrons. The van der Waals surface area contributed by atoms with Crippen LogP contribution in [0, 0.1) is 12.7 Å². The van der Waals surface area contributed by atoms with Crippen LogP contribution in [0.2, 0.25) is 0 Å². The fraction of sp³-hybridized carbons (Fsp3) is 0.158. The maximum absolute atomic E-state index is 12.9. The third kappa shape index (κ3) is 3.51. The smallest absolute Gasteiger partial charge is 0.305 e. The number of halogens is 1. The average molecular weight is 356 g/mol. The van der Waals surface area contributed by atoms with Gasteiger partial charge < -0.3 is 9.15 Å². The number of rotatable bonds is 4. The molecule has 2 aromatic carbocycles. The second kappa shape index (κ2) is 7.26. The molecule has 1 aromatic heterocycles. The van der Waals surface area contributed by atoms with Crippen molar-refractivity contribution in [1.82, 2.24) is 10.9 Å². The Morgan fingerprint density at radius 3 is 2.46 bits per heavy atom. The van der Waals surface area contributed by atoms with Gasteiger partial charge in [-0.2, -0.15) is 0 Å². The van der Waals surface area contributed by atoms with Crippen LogP contribution in [0.5, 0.6) is 5.75 Å². The summed E-state index contributed by atoms with van der Waals surface area (Å²) in [5.74, 6) is -0.832. The van der Waals surface area contributed by atoms with Crippen molar-refractivity contribution in [2.75, 3.05) is 6.61 Å². The van der Waals surface area contributed by atoms with E-state index in [0.717, 1.165) is 17.5 Å². The predicted molar refractivity (Wildman–Crippen MR) is 93.5 cm³/mol. The topological polar surface area (TPSA) is 80.6 Å². The number of hydrogen-bond acceptors (Lipinski definition) is 4. The summed E-state index contributed by atoms with van der Waals surface area (Å²) in [5, 5.41) is 0.756. The fourth-order valence-corrected chi connectivity index (χ4v) is 2.52. The zero-order chi connectivity index (χ0) is 18.7. The molecule has 0 atom stereocenters. The van der Waals surface area contributed by atoms with Crippen LogP contribution in [0.25, 0.3) is 11.0 Å². The van der Waals surface area contributed by atoms with Crippen molar-refractivity contribution >= 4 is 22.8 Å². The lowest BCUT2D eigenvalue weighted by Crippen LogP contribution is -2.41. The van der Waals surface area contributed by atoms with Crippen LogP contribution in [0.3, 0.4) is 0 Å². The highest BCUT2D eigenvalue weighted by atomic mass is 19.1. The van der Waals surface area contributed by atoms with Crippen molar-refractivity contribution < 1.29 is 23.1 Å². The molecule has 2 amide bonds. The first-order valence-electron chi connectivity index (χ1n) is 8.01. The Bertz CT molecular complexity index is 964. The van der Waals surface area contributed by atoms with E-state index >= 15 is 0 Å². The number of furan rings is 1. The van der Waals surface area contributed by atoms with Crippen LogP contribution in [0.15, 0.2) is 46.9 Å². The van der Waals surface area contributed by atoms with Gasteiger partial charge in [-0.25, -0.2) is 4.39 Å². The lowest BCUT2D eigenvalue weighted by atomic mass is 10.1. The van der Waals surface area contributed by atoms with Crippen molar-refractivity contribution in [1.29, 1.82) is 0 Å². The molecule has 6 nitrogen and oxygen atoms in total. The highest BCUT2D eigenvalue weighted by Crippen LogP contribution is 2.28. The minimum atomic E-state index is -0.591. The Morgan fingerprint density at radius 2 is 1.77 bits per heavy atom. The van der Waals surface area contributed by atoms with Gasteiger partial charge in [-0.1, -0.05) is 0 Å². The molecule has 0 unspecified atom stereocenters. The number of fused-ring (bicyclic) bond motifs is 1. The highest BCUT2D eigenvalue weighted by molar-refractivity contribution is 6.01. The number of carbonyl (C=O) groups excluding carboxylic acids is 2. The van der Waals surface area contributed by atoms with Gasteiger partial charge in [0.25, 0.3) is 5.91 Å². The number of nitrogens with one attached hydrogen (secondary N) is 2. The molecule has 7 heteroatoms. The number of aryl methyl sites for hydroxylation is 1. The van der Waals surface area contributed by atoms with E-state index in [9.17, 15) is 14.0 Å². The quantitative estimate of drug-likeness (QED) is 0.703. The Hall–Kier alpha value is -3.35. The molecule has 0 spiro atoms. The average Bonchev–Trinajstić information content (AvgIpc) is 2.97. The summed E-state index contributed by atoms with van der Waals surface area (Å²) in [6.45, 7) is 4.17. The summed E-state index contributed by atoms with van der Waals surface area (Å²) >= 11 is 0. The number of hydrazine groups is 1. The summed E-state index contributed by atoms with van der Waals surface area (Å²) in [6.07, 6.45) is 0. The molecule has 0 saturated heterocycles. The molecule has 0 aliphatic heterocycles. The van der Waals surface area contributed by atoms with E-state index in [4.69, 9.17) is 9.15 Å². The fourth-order valence-electron chi connectivity index (χ4n) is 2.52. The lowest BCUT2D eigenvalue weighted by Gasteiger charge is -2.06. The van der Waals surface area contributed by atoms with Crippen LogP contribution in [-0.4, -0.2) is 18.4 Å². The molecule has 134 valence electrons. The summed E-state index contributed by atoms with van der Waals surface area (Å²) in [5.41, 5.74) is 5.96. The van der Waals surface area contributed by atoms with Crippen molar-refractivity contribution in [3.05, 3.63) is 65.2 Å². The lowest BCUT2D eigenvalue weighted by molar-refractivity contribution is 0.0831. The minimum absolute atomic E-state index is 0.0908. The Balaban J connectivity index is 1.74. The minimum Gasteiger partial charge on any atom is -0.494 e. The third-order valence-electron chi connectivity index (χ3n) is 3.82. The third-order valence-corrected chi connectivity index (χ3v) is 3.82. The Labute approximate surface area is 148 Å². The summed E-state index contributed by atoms with van der Waals surface area (Å²) in [7, 11) is 0. The van der Waals surface area contributed by atoms with E-state index in [0.29, 0.717) is 23.5 Å². The van der Waals surface area contributed by atoms with Gasteiger partial charge >= 0.3 is 5.91 Å². The second-order valence-electron chi connectivity index (χ2n) is 5.56. The summed E-state index contributed by atoms with van der Waals surface area (Å²) < 4.78 is 23.9. The van der Waals surface area contributed by atoms with Crippen molar-refractivity contribution in [3.63, 3.8) is 0 Å². The van der Waals surface area contributed by atoms with Gasteiger partial charge in [0.1, 0.15) is 17.1 Å². The number of carbonyl (C=O) groups is 2. The zero-order valence-corrected chi connectivity index (χ0v) is 14.3. The number of hydrogen-bond donors (Lipinski definition) is 2. The van der Waals surface area contributed by atoms with Crippen LogP contribution < -0.4 is 15.6 Å². The molecule has 0 fully saturated rings. The number of ether oxygens (including phenoxy) is 1. The second-order valence-corrected chi connectivity index (χ2v) is 5.56. The van der Waals surface area contributed by atoms with E-state index in [1.165, 1.54) is 12.1 Å². The maximum Gasteiger partial charge on any atom is 0.305 e. The first-order chi connectivity index (χ1) is 12.5. The molecule has 0 aliphatic rings. The van der Waals surface area contributed by atoms with Crippen LogP contribution in [-0.2, 0) is 0 Å². The van der Waals surface area contributed by atoms with Gasteiger partial charge in [-0.15, -0.1) is 0 Å². The van der Waals surface area contributed by atoms with Crippen LogP contribution in [0.4, 0.5) is 4.39 Å². The van der Waals surface area contributed by atoms with Crippen molar-refractivity contribution in [3.8, 4) is 5.75 Å². The van der Waals surface area contributed by atoms with Gasteiger partial charge in [0, 0.05) is 16.5 Å². The molecular formula is C19H17FN2O4. The molecule has 2 N–H and O–H groups in total. The van der Waals surface area contributed by atoms with Gasteiger partial charge in [-0.05, 0) is 56.3 Å². The molecular weight excluding hydrogens is 339 g/mol. The highest BCUT2D eigenvalue weighted by Gasteiger charge is 2.19. The monoisotopic (exact) mass is 356 g/mol. The predicted octanol–water partition coefficient (Wildman–Crippen LogP) is 3.35. The van der Waals surface area contributed by atoms with Gasteiger partial charge in [-0.3, -0.25) is 20.4 Å². The van der Waals surface area contributed by atoms with Gasteiger partial charge in [0.2, 0.25) is 0 Å². The first kappa shape index (κ1) is 17.5. The van der Waals surface area contributed by atoms with E-state index in [-0.39, 0.29) is 11.3 Å².